The van der Waals surface area contributed by atoms with Crippen LogP contribution >= 0.6 is 12.2 Å². The predicted octanol–water partition coefficient (Wildman–Crippen LogP) is 2.35. The van der Waals surface area contributed by atoms with Gasteiger partial charge in [-0.1, -0.05) is 6.92 Å². The molecule has 4 nitrogen and oxygen atoms in total. The zero-order valence-corrected chi connectivity index (χ0v) is 13.2. The Hall–Kier alpha value is -1.49. The maximum absolute atomic E-state index is 5.44. The average molecular weight is 294 g/mol. The molecule has 0 aliphatic carbocycles. The minimum Gasteiger partial charge on any atom is -0.493 e. The number of methoxy groups -OCH3 is 2. The molecular formula is C15H22N2O2S. The molecule has 0 bridgehead atoms. The first-order valence-corrected chi connectivity index (χ1v) is 7.37. The number of fused-ring (bicyclic) bond motifs is 1. The van der Waals surface area contributed by atoms with E-state index in [0.717, 1.165) is 49.1 Å². The van der Waals surface area contributed by atoms with Crippen molar-refractivity contribution in [2.75, 3.05) is 27.3 Å². The lowest BCUT2D eigenvalue weighted by Crippen LogP contribution is -2.42. The number of ether oxygens (including phenoxy) is 2. The van der Waals surface area contributed by atoms with Crippen molar-refractivity contribution in [1.82, 2.24) is 10.2 Å². The van der Waals surface area contributed by atoms with E-state index in [4.69, 9.17) is 21.7 Å². The predicted molar refractivity (Wildman–Crippen MR) is 84.6 cm³/mol. The second kappa shape index (κ2) is 6.79. The number of nitrogens with one attached hydrogen (secondary N) is 1. The third-order valence-corrected chi connectivity index (χ3v) is 3.93. The van der Waals surface area contributed by atoms with Gasteiger partial charge in [-0.25, -0.2) is 0 Å². The first kappa shape index (κ1) is 14.9. The third-order valence-electron chi connectivity index (χ3n) is 3.53. The summed E-state index contributed by atoms with van der Waals surface area (Å²) in [6, 6.07) is 4.14. The van der Waals surface area contributed by atoms with Gasteiger partial charge in [-0.2, -0.15) is 0 Å². The Morgan fingerprint density at radius 3 is 2.50 bits per heavy atom. The standard InChI is InChI=1S/C15H22N2O2S/c1-4-6-16-15(20)17-7-5-11-8-13(18-2)14(19-3)9-12(11)10-17/h8-9H,4-7,10H2,1-3H3,(H,16,20). The highest BCUT2D eigenvalue weighted by molar-refractivity contribution is 7.80. The summed E-state index contributed by atoms with van der Waals surface area (Å²) >= 11 is 5.44. The Kier molecular flexibility index (Phi) is 5.06. The fourth-order valence-corrected chi connectivity index (χ4v) is 2.66. The largest absolute Gasteiger partial charge is 0.493 e. The summed E-state index contributed by atoms with van der Waals surface area (Å²) in [4.78, 5) is 2.21. The van der Waals surface area contributed by atoms with Crippen LogP contribution in [0.1, 0.15) is 24.5 Å². The van der Waals surface area contributed by atoms with Gasteiger partial charge in [0.2, 0.25) is 0 Å². The number of hydrogen-bond acceptors (Lipinski definition) is 3. The van der Waals surface area contributed by atoms with E-state index in [-0.39, 0.29) is 0 Å². The van der Waals surface area contributed by atoms with Crippen molar-refractivity contribution >= 4 is 17.3 Å². The lowest BCUT2D eigenvalue weighted by atomic mass is 9.99. The zero-order valence-electron chi connectivity index (χ0n) is 12.4. The van der Waals surface area contributed by atoms with Crippen LogP contribution in [0.3, 0.4) is 0 Å². The van der Waals surface area contributed by atoms with E-state index < -0.39 is 0 Å². The minimum atomic E-state index is 0.778. The molecule has 1 heterocycles. The zero-order chi connectivity index (χ0) is 14.5. The summed E-state index contributed by atoms with van der Waals surface area (Å²) in [6.45, 7) is 4.83. The summed E-state index contributed by atoms with van der Waals surface area (Å²) in [7, 11) is 3.33. The molecule has 2 rings (SSSR count). The molecule has 1 N–H and O–H groups in total. The fourth-order valence-electron chi connectivity index (χ4n) is 2.40. The summed E-state index contributed by atoms with van der Waals surface area (Å²) in [5, 5.41) is 4.13. The highest BCUT2D eigenvalue weighted by atomic mass is 32.1. The van der Waals surface area contributed by atoms with Crippen molar-refractivity contribution in [1.29, 1.82) is 0 Å². The average Bonchev–Trinajstić information content (AvgIpc) is 2.50. The van der Waals surface area contributed by atoms with Gasteiger partial charge in [0, 0.05) is 19.6 Å². The second-order valence-electron chi connectivity index (χ2n) is 4.88. The maximum Gasteiger partial charge on any atom is 0.169 e. The summed E-state index contributed by atoms with van der Waals surface area (Å²) in [6.07, 6.45) is 2.05. The van der Waals surface area contributed by atoms with Gasteiger partial charge < -0.3 is 19.7 Å². The van der Waals surface area contributed by atoms with Gasteiger partial charge in [0.05, 0.1) is 14.2 Å². The molecule has 1 aliphatic rings. The Bertz CT molecular complexity index is 491. The Morgan fingerprint density at radius 1 is 1.25 bits per heavy atom. The molecule has 20 heavy (non-hydrogen) atoms. The van der Waals surface area contributed by atoms with Crippen molar-refractivity contribution in [2.45, 2.75) is 26.3 Å². The van der Waals surface area contributed by atoms with Crippen molar-refractivity contribution in [3.8, 4) is 11.5 Å². The van der Waals surface area contributed by atoms with Crippen LogP contribution in [0.4, 0.5) is 0 Å². The van der Waals surface area contributed by atoms with Crippen LogP contribution in [0, 0.1) is 0 Å². The molecule has 1 aliphatic heterocycles. The molecule has 5 heteroatoms. The SMILES string of the molecule is CCCNC(=S)N1CCc2cc(OC)c(OC)cc2C1. The molecule has 0 aromatic heterocycles. The molecule has 0 fully saturated rings. The third kappa shape index (κ3) is 3.15. The smallest absolute Gasteiger partial charge is 0.169 e. The lowest BCUT2D eigenvalue weighted by molar-refractivity contribution is 0.347. The molecule has 0 saturated carbocycles. The molecule has 0 atom stereocenters. The van der Waals surface area contributed by atoms with Gasteiger partial charge >= 0.3 is 0 Å². The highest BCUT2D eigenvalue weighted by Gasteiger charge is 2.20. The van der Waals surface area contributed by atoms with E-state index in [2.05, 4.69) is 29.3 Å². The number of rotatable bonds is 4. The number of hydrogen-bond donors (Lipinski definition) is 1. The number of thiocarbonyl (C=S) groups is 1. The summed E-state index contributed by atoms with van der Waals surface area (Å²) in [5.41, 5.74) is 2.58. The van der Waals surface area contributed by atoms with Crippen molar-refractivity contribution < 1.29 is 9.47 Å². The minimum absolute atomic E-state index is 0.778. The van der Waals surface area contributed by atoms with Crippen LogP contribution in [0.15, 0.2) is 12.1 Å². The Labute approximate surface area is 126 Å². The topological polar surface area (TPSA) is 33.7 Å². The summed E-state index contributed by atoms with van der Waals surface area (Å²) in [5.74, 6) is 1.58. The van der Waals surface area contributed by atoms with Crippen LogP contribution in [-0.2, 0) is 13.0 Å². The van der Waals surface area contributed by atoms with Gasteiger partial charge in [-0.05, 0) is 48.3 Å². The van der Waals surface area contributed by atoms with Gasteiger partial charge in [0.1, 0.15) is 0 Å². The van der Waals surface area contributed by atoms with E-state index in [0.29, 0.717) is 0 Å². The highest BCUT2D eigenvalue weighted by Crippen LogP contribution is 2.33. The normalized spacial score (nSPS) is 13.7. The molecule has 0 saturated heterocycles. The Morgan fingerprint density at radius 2 is 1.90 bits per heavy atom. The monoisotopic (exact) mass is 294 g/mol. The van der Waals surface area contributed by atoms with Gasteiger partial charge in [0.15, 0.2) is 16.6 Å². The maximum atomic E-state index is 5.44. The molecule has 110 valence electrons. The molecule has 0 amide bonds. The van der Waals surface area contributed by atoms with Gasteiger partial charge in [-0.3, -0.25) is 0 Å². The van der Waals surface area contributed by atoms with E-state index in [1.165, 1.54) is 11.1 Å². The lowest BCUT2D eigenvalue weighted by Gasteiger charge is -2.31. The Balaban J connectivity index is 2.15. The van der Waals surface area contributed by atoms with Crippen molar-refractivity contribution in [3.63, 3.8) is 0 Å². The first-order chi connectivity index (χ1) is 9.69. The van der Waals surface area contributed by atoms with Crippen molar-refractivity contribution in [3.05, 3.63) is 23.3 Å². The van der Waals surface area contributed by atoms with Crippen LogP contribution in [0.25, 0.3) is 0 Å². The van der Waals surface area contributed by atoms with E-state index in [1.54, 1.807) is 14.2 Å². The molecule has 0 radical (unpaired) electrons. The molecule has 1 aromatic carbocycles. The first-order valence-electron chi connectivity index (χ1n) is 6.96. The van der Waals surface area contributed by atoms with E-state index in [9.17, 15) is 0 Å². The van der Waals surface area contributed by atoms with Gasteiger partial charge in [-0.15, -0.1) is 0 Å². The van der Waals surface area contributed by atoms with Crippen LogP contribution in [0.5, 0.6) is 11.5 Å². The van der Waals surface area contributed by atoms with E-state index in [1.807, 2.05) is 0 Å². The molecule has 0 spiro atoms. The quantitative estimate of drug-likeness (QED) is 0.862. The van der Waals surface area contributed by atoms with Crippen LogP contribution in [0.2, 0.25) is 0 Å². The fraction of sp³-hybridized carbons (Fsp3) is 0.533. The number of benzene rings is 1. The van der Waals surface area contributed by atoms with Gasteiger partial charge in [0.25, 0.3) is 0 Å². The molecular weight excluding hydrogens is 272 g/mol. The molecule has 0 unspecified atom stereocenters. The van der Waals surface area contributed by atoms with E-state index >= 15 is 0 Å². The van der Waals surface area contributed by atoms with Crippen molar-refractivity contribution in [2.24, 2.45) is 0 Å². The second-order valence-corrected chi connectivity index (χ2v) is 5.27. The number of nitrogens with zero attached hydrogens (tertiary/aromatic N) is 1. The van der Waals surface area contributed by atoms with Crippen LogP contribution in [-0.4, -0.2) is 37.3 Å². The van der Waals surface area contributed by atoms with Crippen LogP contribution < -0.4 is 14.8 Å². The molecule has 1 aromatic rings. The summed E-state index contributed by atoms with van der Waals surface area (Å²) < 4.78 is 10.7.